The number of rotatable bonds is 4. The van der Waals surface area contributed by atoms with Crippen LogP contribution in [0.15, 0.2) is 53.4 Å². The van der Waals surface area contributed by atoms with Gasteiger partial charge in [-0.15, -0.1) is 13.2 Å². The first-order valence-electron chi connectivity index (χ1n) is 7.22. The molecule has 0 saturated heterocycles. The zero-order valence-electron chi connectivity index (χ0n) is 12.7. The summed E-state index contributed by atoms with van der Waals surface area (Å²) in [4.78, 5) is 12.6. The summed E-state index contributed by atoms with van der Waals surface area (Å²) in [6, 6.07) is 12.5. The molecule has 5 nitrogen and oxygen atoms in total. The SMILES string of the molecule is O=C(CC1c2ccccc2SN1c1ccc(OC(F)(F)F)cc1)NO. The number of alkyl halides is 3. The number of hydrogen-bond donors (Lipinski definition) is 2. The summed E-state index contributed by atoms with van der Waals surface area (Å²) in [5.74, 6) is -0.869. The molecule has 0 radical (unpaired) electrons. The van der Waals surface area contributed by atoms with Crippen molar-refractivity contribution in [2.45, 2.75) is 23.7 Å². The number of benzene rings is 2. The first-order valence-corrected chi connectivity index (χ1v) is 7.99. The van der Waals surface area contributed by atoms with E-state index in [9.17, 15) is 18.0 Å². The number of hydrogen-bond acceptors (Lipinski definition) is 5. The van der Waals surface area contributed by atoms with Gasteiger partial charge in [0.15, 0.2) is 0 Å². The van der Waals surface area contributed by atoms with Crippen LogP contribution in [-0.4, -0.2) is 17.5 Å². The second kappa shape index (κ2) is 6.85. The second-order valence-corrected chi connectivity index (χ2v) is 6.27. The smallest absolute Gasteiger partial charge is 0.406 e. The molecule has 132 valence electrons. The lowest BCUT2D eigenvalue weighted by Gasteiger charge is -2.25. The molecule has 9 heteroatoms. The Kier molecular flexibility index (Phi) is 4.78. The molecule has 0 aliphatic carbocycles. The molecule has 1 unspecified atom stereocenters. The number of ether oxygens (including phenoxy) is 1. The average Bonchev–Trinajstić information content (AvgIpc) is 2.93. The number of carbonyl (C=O) groups is 1. The Labute approximate surface area is 145 Å². The van der Waals surface area contributed by atoms with Crippen LogP contribution in [0, 0.1) is 0 Å². The Hall–Kier alpha value is -2.39. The molecule has 2 aromatic rings. The molecule has 25 heavy (non-hydrogen) atoms. The van der Waals surface area contributed by atoms with Crippen molar-refractivity contribution in [1.82, 2.24) is 5.48 Å². The highest BCUT2D eigenvalue weighted by Crippen LogP contribution is 2.48. The van der Waals surface area contributed by atoms with Crippen LogP contribution in [0.2, 0.25) is 0 Å². The molecule has 2 aromatic carbocycles. The van der Waals surface area contributed by atoms with Crippen LogP contribution < -0.4 is 14.5 Å². The lowest BCUT2D eigenvalue weighted by atomic mass is 10.0. The zero-order valence-corrected chi connectivity index (χ0v) is 13.5. The van der Waals surface area contributed by atoms with E-state index in [0.717, 1.165) is 10.5 Å². The Balaban J connectivity index is 1.86. The summed E-state index contributed by atoms with van der Waals surface area (Å²) < 4.78 is 42.5. The quantitative estimate of drug-likeness (QED) is 0.483. The van der Waals surface area contributed by atoms with Crippen molar-refractivity contribution in [3.05, 3.63) is 54.1 Å². The average molecular weight is 370 g/mol. The van der Waals surface area contributed by atoms with Crippen LogP contribution in [0.3, 0.4) is 0 Å². The predicted octanol–water partition coefficient (Wildman–Crippen LogP) is 4.05. The van der Waals surface area contributed by atoms with Crippen LogP contribution in [0.5, 0.6) is 5.75 Å². The topological polar surface area (TPSA) is 61.8 Å². The van der Waals surface area contributed by atoms with E-state index < -0.39 is 12.3 Å². The van der Waals surface area contributed by atoms with Crippen LogP contribution in [0.1, 0.15) is 18.0 Å². The van der Waals surface area contributed by atoms with E-state index in [0.29, 0.717) is 5.69 Å². The van der Waals surface area contributed by atoms with Crippen LogP contribution in [0.4, 0.5) is 18.9 Å². The van der Waals surface area contributed by atoms with Gasteiger partial charge in [0.1, 0.15) is 5.75 Å². The van der Waals surface area contributed by atoms with Gasteiger partial charge in [-0.05, 0) is 47.8 Å². The van der Waals surface area contributed by atoms with Gasteiger partial charge in [-0.2, -0.15) is 0 Å². The maximum Gasteiger partial charge on any atom is 0.573 e. The molecule has 2 N–H and O–H groups in total. The number of halogens is 3. The summed E-state index contributed by atoms with van der Waals surface area (Å²) >= 11 is 1.38. The minimum Gasteiger partial charge on any atom is -0.406 e. The number of nitrogens with one attached hydrogen (secondary N) is 1. The molecule has 1 aliphatic rings. The number of nitrogens with zero attached hydrogens (tertiary/aromatic N) is 1. The van der Waals surface area contributed by atoms with Gasteiger partial charge >= 0.3 is 6.36 Å². The maximum atomic E-state index is 12.3. The number of hydroxylamine groups is 1. The molecule has 0 spiro atoms. The van der Waals surface area contributed by atoms with Crippen molar-refractivity contribution in [3.8, 4) is 5.75 Å². The molecule has 1 aliphatic heterocycles. The maximum absolute atomic E-state index is 12.3. The fourth-order valence-electron chi connectivity index (χ4n) is 2.58. The van der Waals surface area contributed by atoms with Gasteiger partial charge in [0, 0.05) is 10.6 Å². The molecule has 0 bridgehead atoms. The molecule has 1 atom stereocenters. The van der Waals surface area contributed by atoms with Crippen molar-refractivity contribution in [2.75, 3.05) is 4.31 Å². The monoisotopic (exact) mass is 370 g/mol. The van der Waals surface area contributed by atoms with Gasteiger partial charge in [0.2, 0.25) is 5.91 Å². The molecule has 0 saturated carbocycles. The van der Waals surface area contributed by atoms with Gasteiger partial charge in [-0.3, -0.25) is 10.0 Å². The van der Waals surface area contributed by atoms with Gasteiger partial charge in [0.05, 0.1) is 12.5 Å². The van der Waals surface area contributed by atoms with E-state index >= 15 is 0 Å². The Morgan fingerprint density at radius 2 is 1.88 bits per heavy atom. The second-order valence-electron chi connectivity index (χ2n) is 5.25. The normalized spacial score (nSPS) is 16.5. The fourth-order valence-corrected chi connectivity index (χ4v) is 3.78. The Morgan fingerprint density at radius 3 is 2.52 bits per heavy atom. The summed E-state index contributed by atoms with van der Waals surface area (Å²) in [6.45, 7) is 0. The zero-order chi connectivity index (χ0) is 18.0. The highest BCUT2D eigenvalue weighted by atomic mass is 32.2. The standard InChI is InChI=1S/C16H13F3N2O3S/c17-16(18,19)24-11-7-5-10(6-8-11)21-13(9-15(22)20-23)12-3-1-2-4-14(12)25-21/h1-8,13,23H,9H2,(H,20,22). The van der Waals surface area contributed by atoms with Crippen molar-refractivity contribution in [1.29, 1.82) is 0 Å². The van der Waals surface area contributed by atoms with Crippen LogP contribution >= 0.6 is 11.9 Å². The minimum absolute atomic E-state index is 0.00131. The van der Waals surface area contributed by atoms with Crippen molar-refractivity contribution in [3.63, 3.8) is 0 Å². The third-order valence-electron chi connectivity index (χ3n) is 3.59. The van der Waals surface area contributed by atoms with Crippen molar-refractivity contribution < 1.29 is 27.9 Å². The lowest BCUT2D eigenvalue weighted by Crippen LogP contribution is -2.26. The van der Waals surface area contributed by atoms with Gasteiger partial charge in [0.25, 0.3) is 0 Å². The minimum atomic E-state index is -4.75. The van der Waals surface area contributed by atoms with E-state index in [-0.39, 0.29) is 18.2 Å². The van der Waals surface area contributed by atoms with E-state index in [2.05, 4.69) is 4.74 Å². The number of fused-ring (bicyclic) bond motifs is 1. The third-order valence-corrected chi connectivity index (χ3v) is 4.82. The molecule has 1 amide bonds. The number of anilines is 1. The van der Waals surface area contributed by atoms with E-state index in [1.807, 2.05) is 28.6 Å². The molecular formula is C16H13F3N2O3S. The summed E-state index contributed by atoms with van der Waals surface area (Å²) in [7, 11) is 0. The molecular weight excluding hydrogens is 357 g/mol. The molecule has 0 fully saturated rings. The summed E-state index contributed by atoms with van der Waals surface area (Å²) in [6.07, 6.45) is -4.75. The Morgan fingerprint density at radius 1 is 1.20 bits per heavy atom. The largest absolute Gasteiger partial charge is 0.573 e. The first kappa shape index (κ1) is 17.4. The molecule has 3 rings (SSSR count). The highest BCUT2D eigenvalue weighted by molar-refractivity contribution is 8.01. The van der Waals surface area contributed by atoms with Crippen molar-refractivity contribution in [2.24, 2.45) is 0 Å². The van der Waals surface area contributed by atoms with Gasteiger partial charge in [-0.25, -0.2) is 5.48 Å². The third kappa shape index (κ3) is 3.99. The molecule has 0 aromatic heterocycles. The van der Waals surface area contributed by atoms with Crippen LogP contribution in [-0.2, 0) is 4.79 Å². The van der Waals surface area contributed by atoms with Crippen molar-refractivity contribution >= 4 is 23.5 Å². The lowest BCUT2D eigenvalue weighted by molar-refractivity contribution is -0.274. The van der Waals surface area contributed by atoms with Gasteiger partial charge in [-0.1, -0.05) is 18.2 Å². The van der Waals surface area contributed by atoms with E-state index in [1.165, 1.54) is 36.2 Å². The number of amides is 1. The fraction of sp³-hybridized carbons (Fsp3) is 0.188. The van der Waals surface area contributed by atoms with E-state index in [4.69, 9.17) is 5.21 Å². The van der Waals surface area contributed by atoms with Gasteiger partial charge < -0.3 is 9.04 Å². The summed E-state index contributed by atoms with van der Waals surface area (Å²) in [5, 5.41) is 8.80. The highest BCUT2D eigenvalue weighted by Gasteiger charge is 2.34. The van der Waals surface area contributed by atoms with E-state index in [1.54, 1.807) is 5.48 Å². The number of carbonyl (C=O) groups excluding carboxylic acids is 1. The molecule has 1 heterocycles. The summed E-state index contributed by atoms with van der Waals surface area (Å²) in [5.41, 5.74) is 3.14. The van der Waals surface area contributed by atoms with Crippen LogP contribution in [0.25, 0.3) is 0 Å². The Bertz CT molecular complexity index is 768. The first-order chi connectivity index (χ1) is 11.9. The predicted molar refractivity (Wildman–Crippen MR) is 85.2 cm³/mol.